The molecule has 0 aliphatic rings. The Hall–Kier alpha value is -0.570. The van der Waals surface area contributed by atoms with Crippen LogP contribution in [0.25, 0.3) is 0 Å². The number of hydrogen-bond acceptors (Lipinski definition) is 2. The molecule has 0 spiro atoms. The quantitative estimate of drug-likeness (QED) is 0.418. The maximum atomic E-state index is 5.34. The Balaban J connectivity index is 3.70. The van der Waals surface area contributed by atoms with E-state index >= 15 is 0 Å². The van der Waals surface area contributed by atoms with Crippen molar-refractivity contribution in [1.82, 2.24) is 4.90 Å². The Morgan fingerprint density at radius 1 is 1.56 bits per heavy atom. The number of nitrogens with zero attached hydrogens (tertiary/aromatic N) is 2. The average Bonchev–Trinajstić information content (AvgIpc) is 1.82. The molecular formula is C6H15N3. The molecule has 0 aromatic carbocycles. The normalized spacial score (nSPS) is 11.8. The number of amidine groups is 1. The minimum Gasteiger partial charge on any atom is -0.366 e. The molecular weight excluding hydrogens is 114 g/mol. The van der Waals surface area contributed by atoms with Gasteiger partial charge in [-0.2, -0.15) is 0 Å². The summed E-state index contributed by atoms with van der Waals surface area (Å²) in [5.74, 6) is 1.05. The van der Waals surface area contributed by atoms with Crippen molar-refractivity contribution in [2.45, 2.75) is 6.42 Å². The van der Waals surface area contributed by atoms with Crippen LogP contribution in [0.5, 0.6) is 0 Å². The lowest BCUT2D eigenvalue weighted by Crippen LogP contribution is -2.24. The van der Waals surface area contributed by atoms with Crippen LogP contribution in [-0.4, -0.2) is 38.4 Å². The molecule has 2 N–H and O–H groups in total. The first-order valence-electron chi connectivity index (χ1n) is 3.05. The molecule has 9 heavy (non-hydrogen) atoms. The number of hydrogen-bond donors (Lipinski definition) is 1. The van der Waals surface area contributed by atoms with Gasteiger partial charge in [-0.05, 0) is 6.54 Å². The lowest BCUT2D eigenvalue weighted by molar-refractivity contribution is 0.602. The van der Waals surface area contributed by atoms with Crippen molar-refractivity contribution >= 4 is 5.84 Å². The van der Waals surface area contributed by atoms with Crippen molar-refractivity contribution in [3.63, 3.8) is 0 Å². The second-order valence-corrected chi connectivity index (χ2v) is 2.07. The summed E-state index contributed by atoms with van der Waals surface area (Å²) in [6, 6.07) is 0. The Kier molecular flexibility index (Phi) is 4.05. The van der Waals surface area contributed by atoms with Crippen molar-refractivity contribution in [3.05, 3.63) is 0 Å². The van der Waals surface area contributed by atoms with E-state index < -0.39 is 0 Å². The van der Waals surface area contributed by atoms with E-state index in [1.54, 1.807) is 7.05 Å². The van der Waals surface area contributed by atoms with Gasteiger partial charge in [-0.25, -0.2) is 0 Å². The van der Waals surface area contributed by atoms with Gasteiger partial charge in [-0.1, -0.05) is 0 Å². The molecule has 3 nitrogen and oxygen atoms in total. The molecule has 3 heteroatoms. The fourth-order valence-electron chi connectivity index (χ4n) is 0.665. The zero-order chi connectivity index (χ0) is 7.28. The standard InChI is InChI=1S/C6H15N3/c1-8-6(4-5-7)9(2)3/h4-5,7H2,1-3H3. The monoisotopic (exact) mass is 129 g/mol. The average molecular weight is 129 g/mol. The molecule has 0 rings (SSSR count). The van der Waals surface area contributed by atoms with Gasteiger partial charge >= 0.3 is 0 Å². The highest BCUT2D eigenvalue weighted by atomic mass is 15.1. The summed E-state index contributed by atoms with van der Waals surface area (Å²) in [6.07, 6.45) is 0.865. The second kappa shape index (κ2) is 4.32. The summed E-state index contributed by atoms with van der Waals surface area (Å²) in [5.41, 5.74) is 5.34. The maximum absolute atomic E-state index is 5.34. The predicted octanol–water partition coefficient (Wildman–Crippen LogP) is -0.0749. The van der Waals surface area contributed by atoms with Crippen LogP contribution in [0.2, 0.25) is 0 Å². The largest absolute Gasteiger partial charge is 0.366 e. The molecule has 0 fully saturated rings. The number of rotatable bonds is 2. The highest BCUT2D eigenvalue weighted by Gasteiger charge is 1.96. The number of aliphatic imine (C=N–C) groups is 1. The van der Waals surface area contributed by atoms with Crippen LogP contribution in [0.15, 0.2) is 4.99 Å². The topological polar surface area (TPSA) is 41.6 Å². The Morgan fingerprint density at radius 2 is 2.11 bits per heavy atom. The zero-order valence-electron chi connectivity index (χ0n) is 6.39. The van der Waals surface area contributed by atoms with Crippen molar-refractivity contribution in [2.75, 3.05) is 27.7 Å². The lowest BCUT2D eigenvalue weighted by Gasteiger charge is -2.13. The van der Waals surface area contributed by atoms with E-state index in [4.69, 9.17) is 5.73 Å². The summed E-state index contributed by atoms with van der Waals surface area (Å²) in [7, 11) is 5.72. The molecule has 0 aliphatic carbocycles. The van der Waals surface area contributed by atoms with Crippen molar-refractivity contribution in [3.8, 4) is 0 Å². The van der Waals surface area contributed by atoms with Gasteiger partial charge in [0.05, 0.1) is 5.84 Å². The molecule has 0 saturated carbocycles. The summed E-state index contributed by atoms with van der Waals surface area (Å²) < 4.78 is 0. The van der Waals surface area contributed by atoms with E-state index in [0.29, 0.717) is 6.54 Å². The molecule has 0 radical (unpaired) electrons. The van der Waals surface area contributed by atoms with Crippen molar-refractivity contribution < 1.29 is 0 Å². The van der Waals surface area contributed by atoms with E-state index in [1.807, 2.05) is 19.0 Å². The first-order valence-corrected chi connectivity index (χ1v) is 3.05. The summed E-state index contributed by atoms with van der Waals surface area (Å²) in [6.45, 7) is 0.671. The third-order valence-corrected chi connectivity index (χ3v) is 1.14. The van der Waals surface area contributed by atoms with Gasteiger partial charge in [0.15, 0.2) is 0 Å². The maximum Gasteiger partial charge on any atom is 0.0992 e. The smallest absolute Gasteiger partial charge is 0.0992 e. The van der Waals surface area contributed by atoms with Gasteiger partial charge < -0.3 is 10.6 Å². The van der Waals surface area contributed by atoms with Gasteiger partial charge in [-0.15, -0.1) is 0 Å². The van der Waals surface area contributed by atoms with Crippen LogP contribution < -0.4 is 5.73 Å². The third-order valence-electron chi connectivity index (χ3n) is 1.14. The minimum absolute atomic E-state index is 0.671. The third kappa shape index (κ3) is 3.08. The van der Waals surface area contributed by atoms with E-state index in [9.17, 15) is 0 Å². The van der Waals surface area contributed by atoms with Gasteiger partial charge in [0.25, 0.3) is 0 Å². The zero-order valence-corrected chi connectivity index (χ0v) is 6.39. The summed E-state index contributed by atoms with van der Waals surface area (Å²) >= 11 is 0. The van der Waals surface area contributed by atoms with Crippen molar-refractivity contribution in [2.24, 2.45) is 10.7 Å². The van der Waals surface area contributed by atoms with E-state index in [2.05, 4.69) is 4.99 Å². The fourth-order valence-corrected chi connectivity index (χ4v) is 0.665. The fraction of sp³-hybridized carbons (Fsp3) is 0.833. The SMILES string of the molecule is CN=C(CCN)N(C)C. The predicted molar refractivity (Wildman–Crippen MR) is 40.7 cm³/mol. The first-order chi connectivity index (χ1) is 4.22. The van der Waals surface area contributed by atoms with Crippen LogP contribution in [-0.2, 0) is 0 Å². The van der Waals surface area contributed by atoms with Gasteiger partial charge in [0, 0.05) is 27.6 Å². The van der Waals surface area contributed by atoms with E-state index in [-0.39, 0.29) is 0 Å². The molecule has 0 aromatic heterocycles. The lowest BCUT2D eigenvalue weighted by atomic mass is 10.4. The van der Waals surface area contributed by atoms with Crippen LogP contribution in [0.1, 0.15) is 6.42 Å². The molecule has 0 aliphatic heterocycles. The molecule has 0 amide bonds. The molecule has 0 aromatic rings. The molecule has 0 saturated heterocycles. The molecule has 0 unspecified atom stereocenters. The molecule has 0 heterocycles. The van der Waals surface area contributed by atoms with Crippen LogP contribution in [0, 0.1) is 0 Å². The Labute approximate surface area is 56.6 Å². The second-order valence-electron chi connectivity index (χ2n) is 2.07. The number of nitrogens with two attached hydrogens (primary N) is 1. The summed E-state index contributed by atoms with van der Waals surface area (Å²) in [5, 5.41) is 0. The Bertz CT molecular complexity index is 96.5. The molecule has 54 valence electrons. The van der Waals surface area contributed by atoms with E-state index in [0.717, 1.165) is 12.3 Å². The molecule has 0 bridgehead atoms. The van der Waals surface area contributed by atoms with Crippen LogP contribution in [0.4, 0.5) is 0 Å². The minimum atomic E-state index is 0.671. The van der Waals surface area contributed by atoms with Gasteiger partial charge in [-0.3, -0.25) is 4.99 Å². The van der Waals surface area contributed by atoms with Crippen LogP contribution in [0.3, 0.4) is 0 Å². The van der Waals surface area contributed by atoms with E-state index in [1.165, 1.54) is 0 Å². The summed E-state index contributed by atoms with van der Waals surface area (Å²) in [4.78, 5) is 6.02. The highest BCUT2D eigenvalue weighted by molar-refractivity contribution is 5.81. The highest BCUT2D eigenvalue weighted by Crippen LogP contribution is 1.86. The van der Waals surface area contributed by atoms with Gasteiger partial charge in [0.1, 0.15) is 0 Å². The first kappa shape index (κ1) is 8.43. The van der Waals surface area contributed by atoms with Gasteiger partial charge in [0.2, 0.25) is 0 Å². The molecule has 0 atom stereocenters. The Morgan fingerprint density at radius 3 is 2.22 bits per heavy atom. The van der Waals surface area contributed by atoms with Crippen LogP contribution >= 0.6 is 0 Å². The van der Waals surface area contributed by atoms with Crippen molar-refractivity contribution in [1.29, 1.82) is 0 Å².